The van der Waals surface area contributed by atoms with Gasteiger partial charge in [0.1, 0.15) is 0 Å². The summed E-state index contributed by atoms with van der Waals surface area (Å²) in [5.74, 6) is 0.123. The summed E-state index contributed by atoms with van der Waals surface area (Å²) in [5.41, 5.74) is 7.45. The minimum absolute atomic E-state index is 0.273. The predicted molar refractivity (Wildman–Crippen MR) is 165 cm³/mol. The first-order valence-corrected chi connectivity index (χ1v) is 16.8. The van der Waals surface area contributed by atoms with Crippen molar-refractivity contribution in [3.05, 3.63) is 107 Å². The summed E-state index contributed by atoms with van der Waals surface area (Å²) >= 11 is 1.37. The van der Waals surface area contributed by atoms with Crippen LogP contribution in [0.15, 0.2) is 89.1 Å². The Morgan fingerprint density at radius 3 is 2.38 bits per heavy atom. The van der Waals surface area contributed by atoms with Gasteiger partial charge < -0.3 is 4.74 Å². The number of benzene rings is 3. The Balaban J connectivity index is 1.49. The smallest absolute Gasteiger partial charge is 0.357 e. The standard InChI is InChI=1S/C33H31N3O4S2/c1-3-40-32(37)29-21-41-33(34-29)36-30(19-23-12-13-23)28(18-22-14-16-27(17-15-22)42(2,38)39)31(35-36)26-11-7-10-25(20-26)24-8-5-4-6-9-24/h4-11,14-17,20-21,23H,3,12-13,18-19H2,1-2H3. The second kappa shape index (κ2) is 11.7. The van der Waals surface area contributed by atoms with E-state index in [0.29, 0.717) is 22.4 Å². The zero-order valence-corrected chi connectivity index (χ0v) is 25.1. The second-order valence-corrected chi connectivity index (χ2v) is 13.5. The molecule has 5 aromatic rings. The van der Waals surface area contributed by atoms with Gasteiger partial charge in [-0.15, -0.1) is 11.3 Å². The van der Waals surface area contributed by atoms with Crippen LogP contribution in [0.25, 0.3) is 27.5 Å². The van der Waals surface area contributed by atoms with Gasteiger partial charge in [0.05, 0.1) is 22.9 Å². The Labute approximate surface area is 249 Å². The Bertz CT molecular complexity index is 1840. The number of ether oxygens (including phenoxy) is 1. The Kier molecular flexibility index (Phi) is 7.79. The molecule has 42 heavy (non-hydrogen) atoms. The highest BCUT2D eigenvalue weighted by Crippen LogP contribution is 2.38. The summed E-state index contributed by atoms with van der Waals surface area (Å²) < 4.78 is 31.2. The maximum absolute atomic E-state index is 12.4. The molecular formula is C33H31N3O4S2. The van der Waals surface area contributed by atoms with Gasteiger partial charge in [0.2, 0.25) is 5.13 Å². The molecule has 3 aromatic carbocycles. The van der Waals surface area contributed by atoms with Crippen molar-refractivity contribution in [3.63, 3.8) is 0 Å². The van der Waals surface area contributed by atoms with Crippen LogP contribution in [-0.4, -0.2) is 42.0 Å². The van der Waals surface area contributed by atoms with Crippen molar-refractivity contribution in [1.82, 2.24) is 14.8 Å². The fraction of sp³-hybridized carbons (Fsp3) is 0.242. The SMILES string of the molecule is CCOC(=O)c1csc(-n2nc(-c3cccc(-c4ccccc4)c3)c(Cc3ccc(S(C)(=O)=O)cc3)c2CC2CC2)n1. The molecule has 214 valence electrons. The van der Waals surface area contributed by atoms with E-state index in [2.05, 4.69) is 35.3 Å². The molecule has 1 aliphatic carbocycles. The molecule has 0 bridgehead atoms. The molecule has 0 atom stereocenters. The Hall–Kier alpha value is -4.08. The molecule has 2 aromatic heterocycles. The van der Waals surface area contributed by atoms with Crippen LogP contribution in [0, 0.1) is 5.92 Å². The molecule has 0 aliphatic heterocycles. The molecule has 9 heteroatoms. The maximum atomic E-state index is 12.4. The number of aromatic nitrogens is 3. The topological polar surface area (TPSA) is 91.2 Å². The number of hydrogen-bond donors (Lipinski definition) is 0. The number of thiazole rings is 1. The molecule has 0 N–H and O–H groups in total. The van der Waals surface area contributed by atoms with E-state index in [0.717, 1.165) is 45.6 Å². The number of carbonyl (C=O) groups is 1. The third-order valence-electron chi connectivity index (χ3n) is 7.40. The van der Waals surface area contributed by atoms with Gasteiger partial charge in [0.25, 0.3) is 0 Å². The van der Waals surface area contributed by atoms with E-state index in [1.54, 1.807) is 24.4 Å². The molecule has 0 radical (unpaired) electrons. The summed E-state index contributed by atoms with van der Waals surface area (Å²) in [5, 5.41) is 7.49. The zero-order chi connectivity index (χ0) is 29.3. The van der Waals surface area contributed by atoms with Gasteiger partial charge >= 0.3 is 5.97 Å². The summed E-state index contributed by atoms with van der Waals surface area (Å²) in [6, 6.07) is 25.7. The average molecular weight is 598 g/mol. The first-order chi connectivity index (χ1) is 20.3. The summed E-state index contributed by atoms with van der Waals surface area (Å²) in [6.45, 7) is 2.06. The van der Waals surface area contributed by atoms with Gasteiger partial charge in [-0.25, -0.2) is 22.9 Å². The molecule has 1 fully saturated rings. The second-order valence-electron chi connectivity index (χ2n) is 10.6. The van der Waals surface area contributed by atoms with Crippen LogP contribution in [0.1, 0.15) is 47.1 Å². The number of sulfone groups is 1. The molecule has 1 saturated carbocycles. The Morgan fingerprint density at radius 1 is 0.976 bits per heavy atom. The van der Waals surface area contributed by atoms with Gasteiger partial charge in [-0.1, -0.05) is 60.7 Å². The van der Waals surface area contributed by atoms with E-state index in [4.69, 9.17) is 9.84 Å². The van der Waals surface area contributed by atoms with Crippen molar-refractivity contribution in [2.75, 3.05) is 12.9 Å². The first-order valence-electron chi connectivity index (χ1n) is 14.0. The Morgan fingerprint density at radius 2 is 1.69 bits per heavy atom. The lowest BCUT2D eigenvalue weighted by Crippen LogP contribution is -2.08. The number of esters is 1. The average Bonchev–Trinajstić information content (AvgIpc) is 3.56. The number of nitrogens with zero attached hydrogens (tertiary/aromatic N) is 3. The molecule has 7 nitrogen and oxygen atoms in total. The monoisotopic (exact) mass is 597 g/mol. The zero-order valence-electron chi connectivity index (χ0n) is 23.5. The molecule has 0 amide bonds. The molecule has 0 spiro atoms. The number of hydrogen-bond acceptors (Lipinski definition) is 7. The fourth-order valence-electron chi connectivity index (χ4n) is 5.06. The highest BCUT2D eigenvalue weighted by molar-refractivity contribution is 7.90. The lowest BCUT2D eigenvalue weighted by molar-refractivity contribution is 0.0520. The van der Waals surface area contributed by atoms with Crippen molar-refractivity contribution >= 4 is 27.1 Å². The van der Waals surface area contributed by atoms with Gasteiger partial charge in [-0.05, 0) is 67.0 Å². The predicted octanol–water partition coefficient (Wildman–Crippen LogP) is 6.79. The van der Waals surface area contributed by atoms with E-state index in [1.807, 2.05) is 41.1 Å². The third-order valence-corrected chi connectivity index (χ3v) is 9.35. The van der Waals surface area contributed by atoms with Gasteiger partial charge in [0, 0.05) is 29.2 Å². The van der Waals surface area contributed by atoms with Crippen molar-refractivity contribution in [1.29, 1.82) is 0 Å². The van der Waals surface area contributed by atoms with E-state index in [9.17, 15) is 13.2 Å². The van der Waals surface area contributed by atoms with Crippen LogP contribution < -0.4 is 0 Å². The quantitative estimate of drug-likeness (QED) is 0.165. The van der Waals surface area contributed by atoms with E-state index < -0.39 is 15.8 Å². The molecule has 6 rings (SSSR count). The van der Waals surface area contributed by atoms with Crippen LogP contribution in [0.3, 0.4) is 0 Å². The van der Waals surface area contributed by atoms with Crippen LogP contribution in [-0.2, 0) is 27.4 Å². The normalized spacial score (nSPS) is 13.3. The molecule has 0 unspecified atom stereocenters. The van der Waals surface area contributed by atoms with Crippen molar-refractivity contribution in [2.45, 2.75) is 37.5 Å². The highest BCUT2D eigenvalue weighted by atomic mass is 32.2. The van der Waals surface area contributed by atoms with Gasteiger partial charge in [-0.2, -0.15) is 5.10 Å². The minimum atomic E-state index is -3.29. The molecule has 0 saturated heterocycles. The summed E-state index contributed by atoms with van der Waals surface area (Å²) in [4.78, 5) is 17.3. The van der Waals surface area contributed by atoms with Gasteiger partial charge in [0.15, 0.2) is 15.5 Å². The van der Waals surface area contributed by atoms with E-state index in [1.165, 1.54) is 30.4 Å². The van der Waals surface area contributed by atoms with Crippen LogP contribution >= 0.6 is 11.3 Å². The summed E-state index contributed by atoms with van der Waals surface area (Å²) in [7, 11) is -3.29. The maximum Gasteiger partial charge on any atom is 0.357 e. The van der Waals surface area contributed by atoms with Crippen molar-refractivity contribution < 1.29 is 17.9 Å². The summed E-state index contributed by atoms with van der Waals surface area (Å²) in [6.07, 6.45) is 4.97. The van der Waals surface area contributed by atoms with Gasteiger partial charge in [-0.3, -0.25) is 0 Å². The van der Waals surface area contributed by atoms with Crippen molar-refractivity contribution in [2.24, 2.45) is 5.92 Å². The van der Waals surface area contributed by atoms with Crippen molar-refractivity contribution in [3.8, 4) is 27.5 Å². The highest BCUT2D eigenvalue weighted by Gasteiger charge is 2.29. The third kappa shape index (κ3) is 6.07. The van der Waals surface area contributed by atoms with E-state index >= 15 is 0 Å². The lowest BCUT2D eigenvalue weighted by atomic mass is 9.95. The molecule has 1 aliphatic rings. The van der Waals surface area contributed by atoms with E-state index in [-0.39, 0.29) is 12.3 Å². The molecular weight excluding hydrogens is 567 g/mol. The number of rotatable bonds is 10. The largest absolute Gasteiger partial charge is 0.461 e. The first kappa shape index (κ1) is 28.1. The minimum Gasteiger partial charge on any atom is -0.461 e. The van der Waals surface area contributed by atoms with Crippen LogP contribution in [0.2, 0.25) is 0 Å². The number of carbonyl (C=O) groups excluding carboxylic acids is 1. The fourth-order valence-corrected chi connectivity index (χ4v) is 6.46. The lowest BCUT2D eigenvalue weighted by Gasteiger charge is -2.10. The van der Waals surface area contributed by atoms with Crippen LogP contribution in [0.4, 0.5) is 0 Å². The molecule has 2 heterocycles. The van der Waals surface area contributed by atoms with Crippen LogP contribution in [0.5, 0.6) is 0 Å².